The largest absolute Gasteiger partial charge is 0.393 e. The molecular formula is C27H42O5. The van der Waals surface area contributed by atoms with Crippen LogP contribution in [0.3, 0.4) is 0 Å². The number of hydrogen-bond donors (Lipinski definition) is 2. The topological polar surface area (TPSA) is 76.0 Å². The second kappa shape index (κ2) is 7.02. The van der Waals surface area contributed by atoms with Crippen LogP contribution in [0.2, 0.25) is 0 Å². The molecule has 5 nitrogen and oxygen atoms in total. The number of rotatable bonds is 0. The Kier molecular flexibility index (Phi) is 4.83. The standard InChI is InChI=1S/C27H42O5/c1-14-5-8-27(31-13-14)15(2)24-22(32-27)11-19-17-10-21(29)20-9-16(28)6-7-25(20,3)18(17)12-23(30)26(19,24)4/h14-22,24,28-29H,5-13H2,1-4H3. The summed E-state index contributed by atoms with van der Waals surface area (Å²) in [6.45, 7) is 9.79. The van der Waals surface area contributed by atoms with E-state index in [1.54, 1.807) is 0 Å². The zero-order valence-electron chi connectivity index (χ0n) is 20.3. The maximum absolute atomic E-state index is 14.0. The Labute approximate surface area is 192 Å². The van der Waals surface area contributed by atoms with Crippen molar-refractivity contribution in [1.82, 2.24) is 0 Å². The average molecular weight is 447 g/mol. The summed E-state index contributed by atoms with van der Waals surface area (Å²) in [6, 6.07) is 0. The second-order valence-corrected chi connectivity index (χ2v) is 13.1. The van der Waals surface area contributed by atoms with Crippen molar-refractivity contribution >= 4 is 5.78 Å². The van der Waals surface area contributed by atoms with Crippen LogP contribution in [-0.4, -0.2) is 46.7 Å². The average Bonchev–Trinajstić information content (AvgIpc) is 3.19. The van der Waals surface area contributed by atoms with Gasteiger partial charge in [-0.05, 0) is 73.5 Å². The van der Waals surface area contributed by atoms with E-state index < -0.39 is 5.79 Å². The Morgan fingerprint density at radius 3 is 2.47 bits per heavy atom. The molecule has 0 radical (unpaired) electrons. The molecule has 180 valence electrons. The fourth-order valence-electron chi connectivity index (χ4n) is 9.97. The van der Waals surface area contributed by atoms with Crippen molar-refractivity contribution in [3.05, 3.63) is 0 Å². The molecule has 13 atom stereocenters. The molecule has 4 aliphatic carbocycles. The van der Waals surface area contributed by atoms with Crippen LogP contribution in [0, 0.1) is 52.3 Å². The Morgan fingerprint density at radius 2 is 1.75 bits per heavy atom. The Hall–Kier alpha value is -0.490. The summed E-state index contributed by atoms with van der Waals surface area (Å²) >= 11 is 0. The summed E-state index contributed by atoms with van der Waals surface area (Å²) in [4.78, 5) is 14.0. The van der Waals surface area contributed by atoms with Gasteiger partial charge in [-0.15, -0.1) is 0 Å². The van der Waals surface area contributed by atoms with Gasteiger partial charge in [-0.3, -0.25) is 4.79 Å². The number of fused-ring (bicyclic) bond motifs is 7. The Bertz CT molecular complexity index is 789. The maximum Gasteiger partial charge on any atom is 0.171 e. The molecule has 0 bridgehead atoms. The van der Waals surface area contributed by atoms with Crippen LogP contribution in [0.4, 0.5) is 0 Å². The van der Waals surface area contributed by atoms with Crippen molar-refractivity contribution in [2.45, 2.75) is 103 Å². The van der Waals surface area contributed by atoms with Crippen LogP contribution in [0.5, 0.6) is 0 Å². The molecule has 0 aromatic carbocycles. The molecule has 13 unspecified atom stereocenters. The smallest absolute Gasteiger partial charge is 0.171 e. The summed E-state index contributed by atoms with van der Waals surface area (Å²) in [6.07, 6.45) is 6.20. The molecule has 6 fully saturated rings. The number of hydrogen-bond acceptors (Lipinski definition) is 5. The van der Waals surface area contributed by atoms with Crippen LogP contribution >= 0.6 is 0 Å². The molecule has 5 heteroatoms. The molecule has 0 aromatic heterocycles. The van der Waals surface area contributed by atoms with Gasteiger partial charge in [-0.1, -0.05) is 27.7 Å². The van der Waals surface area contributed by atoms with Crippen molar-refractivity contribution in [2.75, 3.05) is 6.61 Å². The number of aliphatic hydroxyl groups excluding tert-OH is 2. The molecule has 2 aliphatic heterocycles. The van der Waals surface area contributed by atoms with E-state index in [1.165, 1.54) is 0 Å². The van der Waals surface area contributed by atoms with Crippen molar-refractivity contribution < 1.29 is 24.5 Å². The number of aliphatic hydroxyl groups is 2. The summed E-state index contributed by atoms with van der Waals surface area (Å²) in [7, 11) is 0. The van der Waals surface area contributed by atoms with Gasteiger partial charge in [0.05, 0.1) is 24.9 Å². The second-order valence-electron chi connectivity index (χ2n) is 13.1. The van der Waals surface area contributed by atoms with Crippen LogP contribution in [0.25, 0.3) is 0 Å². The third-order valence-corrected chi connectivity index (χ3v) is 11.8. The molecule has 2 N–H and O–H groups in total. The van der Waals surface area contributed by atoms with E-state index in [9.17, 15) is 15.0 Å². The normalized spacial score (nSPS) is 61.8. The summed E-state index contributed by atoms with van der Waals surface area (Å²) in [5.41, 5.74) is -0.426. The number of Topliss-reactive ketones (excluding diaryl/α,β-unsaturated/α-hetero) is 1. The van der Waals surface area contributed by atoms with Crippen molar-refractivity contribution in [1.29, 1.82) is 0 Å². The summed E-state index contributed by atoms with van der Waals surface area (Å²) < 4.78 is 13.1. The molecule has 2 saturated heterocycles. The van der Waals surface area contributed by atoms with Gasteiger partial charge < -0.3 is 19.7 Å². The number of carbonyl (C=O) groups excluding carboxylic acids is 1. The monoisotopic (exact) mass is 446 g/mol. The highest BCUT2D eigenvalue weighted by Gasteiger charge is 2.72. The highest BCUT2D eigenvalue weighted by atomic mass is 16.7. The highest BCUT2D eigenvalue weighted by molar-refractivity contribution is 5.87. The lowest BCUT2D eigenvalue weighted by molar-refractivity contribution is -0.273. The van der Waals surface area contributed by atoms with E-state index in [2.05, 4.69) is 27.7 Å². The zero-order valence-corrected chi connectivity index (χ0v) is 20.3. The number of ketones is 1. The molecule has 0 amide bonds. The van der Waals surface area contributed by atoms with E-state index >= 15 is 0 Å². The minimum absolute atomic E-state index is 0.0490. The number of carbonyl (C=O) groups is 1. The van der Waals surface area contributed by atoms with Gasteiger partial charge in [0.15, 0.2) is 5.79 Å². The molecule has 1 spiro atoms. The van der Waals surface area contributed by atoms with E-state index in [-0.39, 0.29) is 52.8 Å². The van der Waals surface area contributed by atoms with Gasteiger partial charge in [0.25, 0.3) is 0 Å². The fraction of sp³-hybridized carbons (Fsp3) is 0.963. The number of ether oxygens (including phenoxy) is 2. The predicted molar refractivity (Wildman–Crippen MR) is 120 cm³/mol. The predicted octanol–water partition coefficient (Wildman–Crippen LogP) is 3.94. The first-order valence-corrected chi connectivity index (χ1v) is 13.3. The van der Waals surface area contributed by atoms with Crippen LogP contribution in [0.1, 0.15) is 79.1 Å². The van der Waals surface area contributed by atoms with E-state index in [0.29, 0.717) is 36.4 Å². The molecule has 0 aromatic rings. The van der Waals surface area contributed by atoms with Gasteiger partial charge in [-0.2, -0.15) is 0 Å². The highest BCUT2D eigenvalue weighted by Crippen LogP contribution is 2.70. The summed E-state index contributed by atoms with van der Waals surface area (Å²) in [5, 5.41) is 21.5. The van der Waals surface area contributed by atoms with Crippen LogP contribution in [-0.2, 0) is 14.3 Å². The molecule has 4 saturated carbocycles. The fourth-order valence-corrected chi connectivity index (χ4v) is 9.97. The van der Waals surface area contributed by atoms with Crippen molar-refractivity contribution in [2.24, 2.45) is 52.3 Å². The van der Waals surface area contributed by atoms with Gasteiger partial charge in [0.1, 0.15) is 5.78 Å². The summed E-state index contributed by atoms with van der Waals surface area (Å²) in [5.74, 6) is 2.02. The molecule has 6 rings (SSSR count). The van der Waals surface area contributed by atoms with Crippen LogP contribution < -0.4 is 0 Å². The molecule has 32 heavy (non-hydrogen) atoms. The third-order valence-electron chi connectivity index (χ3n) is 11.8. The van der Waals surface area contributed by atoms with Gasteiger partial charge in [-0.25, -0.2) is 0 Å². The van der Waals surface area contributed by atoms with Gasteiger partial charge in [0, 0.05) is 30.1 Å². The maximum atomic E-state index is 14.0. The minimum Gasteiger partial charge on any atom is -0.393 e. The quantitative estimate of drug-likeness (QED) is 0.589. The lowest BCUT2D eigenvalue weighted by Gasteiger charge is -2.61. The SMILES string of the molecule is CC1CCC2(OC1)OC1CC3C4CC(O)C5CC(O)CCC5(C)C4CC(=O)C3(C)C1C2C. The first-order chi connectivity index (χ1) is 15.1. The first kappa shape index (κ1) is 22.0. The van der Waals surface area contributed by atoms with Crippen molar-refractivity contribution in [3.8, 4) is 0 Å². The molecular weight excluding hydrogens is 404 g/mol. The lowest BCUT2D eigenvalue weighted by Crippen LogP contribution is -2.61. The van der Waals surface area contributed by atoms with E-state index in [1.807, 2.05) is 0 Å². The van der Waals surface area contributed by atoms with E-state index in [4.69, 9.17) is 9.47 Å². The lowest BCUT2D eigenvalue weighted by atomic mass is 9.43. The Balaban J connectivity index is 1.32. The van der Waals surface area contributed by atoms with E-state index in [0.717, 1.165) is 45.1 Å². The minimum atomic E-state index is -0.504. The van der Waals surface area contributed by atoms with Gasteiger partial charge in [0.2, 0.25) is 0 Å². The Morgan fingerprint density at radius 1 is 0.969 bits per heavy atom. The van der Waals surface area contributed by atoms with Gasteiger partial charge >= 0.3 is 0 Å². The third kappa shape index (κ3) is 2.69. The van der Waals surface area contributed by atoms with Crippen LogP contribution in [0.15, 0.2) is 0 Å². The van der Waals surface area contributed by atoms with Crippen molar-refractivity contribution in [3.63, 3.8) is 0 Å². The molecule has 6 aliphatic rings. The zero-order chi connectivity index (χ0) is 22.6. The first-order valence-electron chi connectivity index (χ1n) is 13.3. The molecule has 2 heterocycles.